The molecule has 2 heterocycles. The highest BCUT2D eigenvalue weighted by Gasteiger charge is 2.25. The summed E-state index contributed by atoms with van der Waals surface area (Å²) in [6.07, 6.45) is 0.615. The van der Waals surface area contributed by atoms with E-state index in [-0.39, 0.29) is 25.5 Å². The van der Waals surface area contributed by atoms with Crippen LogP contribution in [0.1, 0.15) is 35.0 Å². The van der Waals surface area contributed by atoms with E-state index in [1.165, 1.54) is 0 Å². The van der Waals surface area contributed by atoms with E-state index >= 15 is 0 Å². The van der Waals surface area contributed by atoms with Crippen molar-refractivity contribution in [1.29, 1.82) is 5.26 Å². The molecular formula is C17H15BrClN3O4. The number of esters is 1. The maximum atomic E-state index is 12.3. The van der Waals surface area contributed by atoms with Crippen LogP contribution in [0.5, 0.6) is 11.5 Å². The van der Waals surface area contributed by atoms with Crippen molar-refractivity contribution < 1.29 is 19.0 Å². The van der Waals surface area contributed by atoms with E-state index in [0.717, 1.165) is 5.56 Å². The first kappa shape index (κ1) is 18.5. The van der Waals surface area contributed by atoms with Crippen molar-refractivity contribution in [2.24, 2.45) is 0 Å². The number of benzene rings is 1. The number of nitriles is 1. The number of nitrogens with zero attached hydrogens (tertiary/aromatic N) is 3. The largest absolute Gasteiger partial charge is 0.461 e. The van der Waals surface area contributed by atoms with Gasteiger partial charge in [0.2, 0.25) is 6.79 Å². The fourth-order valence-electron chi connectivity index (χ4n) is 2.59. The van der Waals surface area contributed by atoms with Crippen molar-refractivity contribution in [3.05, 3.63) is 38.6 Å². The fraction of sp³-hybridized carbons (Fsp3) is 0.353. The Morgan fingerprint density at radius 3 is 2.88 bits per heavy atom. The molecule has 0 saturated carbocycles. The Hall–Kier alpha value is -2.24. The number of carbonyl (C=O) groups is 1. The van der Waals surface area contributed by atoms with Gasteiger partial charge in [0.25, 0.3) is 0 Å². The predicted molar refractivity (Wildman–Crippen MR) is 96.5 cm³/mol. The third-order valence-electron chi connectivity index (χ3n) is 3.80. The summed E-state index contributed by atoms with van der Waals surface area (Å²) < 4.78 is 18.0. The Morgan fingerprint density at radius 2 is 2.19 bits per heavy atom. The van der Waals surface area contributed by atoms with Gasteiger partial charge in [-0.25, -0.2) is 4.79 Å². The Kier molecular flexibility index (Phi) is 5.69. The van der Waals surface area contributed by atoms with Crippen LogP contribution in [0.3, 0.4) is 0 Å². The van der Waals surface area contributed by atoms with Crippen LogP contribution in [-0.2, 0) is 17.7 Å². The van der Waals surface area contributed by atoms with Crippen LogP contribution < -0.4 is 9.47 Å². The lowest BCUT2D eigenvalue weighted by molar-refractivity contribution is 0.0517. The third kappa shape index (κ3) is 3.64. The standard InChI is InChI=1S/C17H15BrClN3O4/c1-2-24-17(23)15-11(16(18)22(21-15)5-3-4-20)6-10-7-13-14(8-12(10)19)26-9-25-13/h7-8H,2-3,5-6,9H2,1H3. The summed E-state index contributed by atoms with van der Waals surface area (Å²) in [5.41, 5.74) is 1.61. The number of aromatic nitrogens is 2. The zero-order valence-corrected chi connectivity index (χ0v) is 16.3. The number of fused-ring (bicyclic) bond motifs is 1. The Bertz CT molecular complexity index is 891. The van der Waals surface area contributed by atoms with Gasteiger partial charge in [-0.1, -0.05) is 11.6 Å². The first-order valence-electron chi connectivity index (χ1n) is 7.92. The fourth-order valence-corrected chi connectivity index (χ4v) is 3.39. The lowest BCUT2D eigenvalue weighted by atomic mass is 10.0. The molecule has 9 heteroatoms. The molecule has 3 rings (SSSR count). The van der Waals surface area contributed by atoms with E-state index in [4.69, 9.17) is 31.1 Å². The average Bonchev–Trinajstić information content (AvgIpc) is 3.18. The van der Waals surface area contributed by atoms with Crippen LogP contribution in [0.25, 0.3) is 0 Å². The molecule has 0 unspecified atom stereocenters. The van der Waals surface area contributed by atoms with Gasteiger partial charge in [0, 0.05) is 23.1 Å². The van der Waals surface area contributed by atoms with Gasteiger partial charge in [-0.15, -0.1) is 0 Å². The minimum absolute atomic E-state index is 0.152. The van der Waals surface area contributed by atoms with Crippen molar-refractivity contribution >= 4 is 33.5 Å². The second-order valence-electron chi connectivity index (χ2n) is 5.44. The third-order valence-corrected chi connectivity index (χ3v) is 5.04. The Labute approximate surface area is 163 Å². The highest BCUT2D eigenvalue weighted by atomic mass is 79.9. The lowest BCUT2D eigenvalue weighted by Crippen LogP contribution is -2.09. The molecule has 0 radical (unpaired) electrons. The molecule has 1 aromatic heterocycles. The van der Waals surface area contributed by atoms with Crippen molar-refractivity contribution in [2.45, 2.75) is 26.3 Å². The molecule has 7 nitrogen and oxygen atoms in total. The van der Waals surface area contributed by atoms with E-state index in [1.807, 2.05) is 0 Å². The van der Waals surface area contributed by atoms with E-state index < -0.39 is 5.97 Å². The van der Waals surface area contributed by atoms with Crippen LogP contribution in [0.4, 0.5) is 0 Å². The molecule has 0 aliphatic carbocycles. The second kappa shape index (κ2) is 7.98. The minimum Gasteiger partial charge on any atom is -0.461 e. The smallest absolute Gasteiger partial charge is 0.359 e. The molecule has 1 aliphatic rings. The maximum absolute atomic E-state index is 12.3. The van der Waals surface area contributed by atoms with Gasteiger partial charge in [-0.2, -0.15) is 10.4 Å². The molecule has 0 fully saturated rings. The molecule has 2 aromatic rings. The summed E-state index contributed by atoms with van der Waals surface area (Å²) in [4.78, 5) is 12.3. The Balaban J connectivity index is 1.99. The monoisotopic (exact) mass is 439 g/mol. The number of rotatable bonds is 6. The van der Waals surface area contributed by atoms with E-state index in [9.17, 15) is 4.79 Å². The highest BCUT2D eigenvalue weighted by molar-refractivity contribution is 9.10. The molecule has 0 saturated heterocycles. The number of carbonyl (C=O) groups excluding carboxylic acids is 1. The predicted octanol–water partition coefficient (Wildman–Crippen LogP) is 3.71. The zero-order chi connectivity index (χ0) is 18.7. The summed E-state index contributed by atoms with van der Waals surface area (Å²) >= 11 is 9.84. The van der Waals surface area contributed by atoms with Crippen LogP contribution in [-0.4, -0.2) is 29.1 Å². The maximum Gasteiger partial charge on any atom is 0.359 e. The van der Waals surface area contributed by atoms with Crippen LogP contribution in [0.2, 0.25) is 5.02 Å². The SMILES string of the molecule is CCOC(=O)c1nn(CCC#N)c(Br)c1Cc1cc2c(cc1Cl)OCO2. The number of hydrogen-bond acceptors (Lipinski definition) is 6. The van der Waals surface area contributed by atoms with E-state index in [1.54, 1.807) is 23.7 Å². The topological polar surface area (TPSA) is 86.4 Å². The number of aryl methyl sites for hydroxylation is 1. The molecule has 26 heavy (non-hydrogen) atoms. The molecule has 0 spiro atoms. The summed E-state index contributed by atoms with van der Waals surface area (Å²) in [6, 6.07) is 5.55. The van der Waals surface area contributed by atoms with Gasteiger partial charge in [0.05, 0.1) is 25.6 Å². The zero-order valence-electron chi connectivity index (χ0n) is 13.9. The average molecular weight is 441 g/mol. The summed E-state index contributed by atoms with van der Waals surface area (Å²) in [6.45, 7) is 2.48. The van der Waals surface area contributed by atoms with Crippen molar-refractivity contribution in [3.8, 4) is 17.6 Å². The quantitative estimate of drug-likeness (QED) is 0.637. The van der Waals surface area contributed by atoms with Gasteiger partial charge in [0.15, 0.2) is 17.2 Å². The second-order valence-corrected chi connectivity index (χ2v) is 6.60. The van der Waals surface area contributed by atoms with E-state index in [0.29, 0.717) is 39.7 Å². The molecule has 0 amide bonds. The number of ether oxygens (including phenoxy) is 3. The minimum atomic E-state index is -0.518. The van der Waals surface area contributed by atoms with Crippen LogP contribution in [0, 0.1) is 11.3 Å². The summed E-state index contributed by atoms with van der Waals surface area (Å²) in [5, 5.41) is 13.6. The molecule has 0 bridgehead atoms. The van der Waals surface area contributed by atoms with Gasteiger partial charge >= 0.3 is 5.97 Å². The first-order chi connectivity index (χ1) is 12.5. The lowest BCUT2D eigenvalue weighted by Gasteiger charge is -2.07. The van der Waals surface area contributed by atoms with Gasteiger partial charge in [-0.05, 0) is 34.5 Å². The molecule has 0 N–H and O–H groups in total. The van der Waals surface area contributed by atoms with Crippen LogP contribution >= 0.6 is 27.5 Å². The number of hydrogen-bond donors (Lipinski definition) is 0. The highest BCUT2D eigenvalue weighted by Crippen LogP contribution is 2.38. The number of halogens is 2. The molecule has 136 valence electrons. The molecule has 0 atom stereocenters. The van der Waals surface area contributed by atoms with Crippen LogP contribution in [0.15, 0.2) is 16.7 Å². The van der Waals surface area contributed by atoms with Gasteiger partial charge < -0.3 is 14.2 Å². The van der Waals surface area contributed by atoms with Gasteiger partial charge in [0.1, 0.15) is 4.60 Å². The molecular weight excluding hydrogens is 426 g/mol. The van der Waals surface area contributed by atoms with Crippen molar-refractivity contribution in [2.75, 3.05) is 13.4 Å². The van der Waals surface area contributed by atoms with Crippen molar-refractivity contribution in [1.82, 2.24) is 9.78 Å². The molecule has 1 aliphatic heterocycles. The van der Waals surface area contributed by atoms with Crippen molar-refractivity contribution in [3.63, 3.8) is 0 Å². The van der Waals surface area contributed by atoms with E-state index in [2.05, 4.69) is 27.1 Å². The first-order valence-corrected chi connectivity index (χ1v) is 9.09. The normalized spacial score (nSPS) is 12.1. The summed E-state index contributed by atoms with van der Waals surface area (Å²) in [5.74, 6) is 0.680. The molecule has 1 aromatic carbocycles. The summed E-state index contributed by atoms with van der Waals surface area (Å²) in [7, 11) is 0. The Morgan fingerprint density at radius 1 is 1.46 bits per heavy atom. The van der Waals surface area contributed by atoms with Gasteiger partial charge in [-0.3, -0.25) is 4.68 Å².